The summed E-state index contributed by atoms with van der Waals surface area (Å²) in [5.41, 5.74) is 1.83. The second kappa shape index (κ2) is 8.68. The summed E-state index contributed by atoms with van der Waals surface area (Å²) in [6, 6.07) is 13.2. The number of nitrogens with zero attached hydrogens (tertiary/aromatic N) is 1. The molecule has 0 aliphatic rings. The lowest BCUT2D eigenvalue weighted by molar-refractivity contribution is 0.207. The third kappa shape index (κ3) is 4.92. The van der Waals surface area contributed by atoms with Gasteiger partial charge < -0.3 is 19.4 Å². The zero-order valence-corrected chi connectivity index (χ0v) is 13.4. The topological polar surface area (TPSA) is 60.3 Å². The number of ether oxygens (including phenoxy) is 3. The number of rotatable bonds is 8. The Bertz CT molecular complexity index is 655. The van der Waals surface area contributed by atoms with Gasteiger partial charge in [0.2, 0.25) is 0 Å². The van der Waals surface area contributed by atoms with Crippen LogP contribution in [0.3, 0.4) is 0 Å². The van der Waals surface area contributed by atoms with Crippen molar-refractivity contribution in [2.45, 2.75) is 13.8 Å². The molecule has 2 aromatic rings. The zero-order chi connectivity index (χ0) is 16.5. The molecule has 0 fully saturated rings. The maximum atomic E-state index is 8.59. The molecular formula is C18H21NO4. The molecule has 0 radical (unpaired) electrons. The molecule has 1 N–H and O–H groups in total. The minimum Gasteiger partial charge on any atom is -0.490 e. The maximum absolute atomic E-state index is 8.59. The molecule has 122 valence electrons. The molecule has 0 aliphatic carbocycles. The van der Waals surface area contributed by atoms with Crippen LogP contribution in [0.15, 0.2) is 47.6 Å². The molecule has 0 saturated carbocycles. The first-order valence-electron chi connectivity index (χ1n) is 7.50. The molecule has 0 atom stereocenters. The molecular weight excluding hydrogens is 294 g/mol. The third-order valence-corrected chi connectivity index (χ3v) is 3.17. The van der Waals surface area contributed by atoms with Crippen molar-refractivity contribution in [2.75, 3.05) is 19.8 Å². The van der Waals surface area contributed by atoms with Gasteiger partial charge in [-0.15, -0.1) is 0 Å². The first kappa shape index (κ1) is 16.7. The summed E-state index contributed by atoms with van der Waals surface area (Å²) in [5.74, 6) is 2.10. The minimum absolute atomic E-state index is 0.405. The molecule has 0 aliphatic heterocycles. The van der Waals surface area contributed by atoms with E-state index in [2.05, 4.69) is 5.16 Å². The molecule has 0 heterocycles. The summed E-state index contributed by atoms with van der Waals surface area (Å²) in [7, 11) is 0. The van der Waals surface area contributed by atoms with E-state index in [1.165, 1.54) is 6.21 Å². The van der Waals surface area contributed by atoms with Crippen molar-refractivity contribution < 1.29 is 19.4 Å². The van der Waals surface area contributed by atoms with E-state index in [1.807, 2.05) is 38.1 Å². The Morgan fingerprint density at radius 2 is 1.70 bits per heavy atom. The van der Waals surface area contributed by atoms with Gasteiger partial charge in [-0.2, -0.15) is 0 Å². The van der Waals surface area contributed by atoms with E-state index in [4.69, 9.17) is 19.4 Å². The van der Waals surface area contributed by atoms with Crippen molar-refractivity contribution in [1.29, 1.82) is 0 Å². The number of hydrogen-bond donors (Lipinski definition) is 1. The first-order valence-corrected chi connectivity index (χ1v) is 7.50. The molecule has 2 aromatic carbocycles. The monoisotopic (exact) mass is 315 g/mol. The molecule has 2 rings (SSSR count). The smallest absolute Gasteiger partial charge is 0.161 e. The van der Waals surface area contributed by atoms with Gasteiger partial charge in [0.25, 0.3) is 0 Å². The summed E-state index contributed by atoms with van der Waals surface area (Å²) in [6.07, 6.45) is 1.34. The van der Waals surface area contributed by atoms with Gasteiger partial charge in [0.15, 0.2) is 11.5 Å². The van der Waals surface area contributed by atoms with Crippen LogP contribution in [0, 0.1) is 6.92 Å². The van der Waals surface area contributed by atoms with Crippen molar-refractivity contribution in [3.05, 3.63) is 53.6 Å². The SMILES string of the molecule is CCOc1cc(C=NO)ccc1OCCOc1ccccc1C. The van der Waals surface area contributed by atoms with E-state index < -0.39 is 0 Å². The number of aryl methyl sites for hydroxylation is 1. The zero-order valence-electron chi connectivity index (χ0n) is 13.4. The van der Waals surface area contributed by atoms with Crippen molar-refractivity contribution in [3.8, 4) is 17.2 Å². The molecule has 0 unspecified atom stereocenters. The van der Waals surface area contributed by atoms with Crippen LogP contribution in [-0.2, 0) is 0 Å². The highest BCUT2D eigenvalue weighted by Gasteiger charge is 2.06. The molecule has 5 nitrogen and oxygen atoms in total. The van der Waals surface area contributed by atoms with Gasteiger partial charge in [-0.05, 0) is 43.7 Å². The molecule has 23 heavy (non-hydrogen) atoms. The van der Waals surface area contributed by atoms with Gasteiger partial charge in [0.05, 0.1) is 12.8 Å². The molecule has 0 aromatic heterocycles. The third-order valence-electron chi connectivity index (χ3n) is 3.17. The van der Waals surface area contributed by atoms with E-state index in [-0.39, 0.29) is 0 Å². The maximum Gasteiger partial charge on any atom is 0.161 e. The normalized spacial score (nSPS) is 10.7. The van der Waals surface area contributed by atoms with Crippen molar-refractivity contribution in [1.82, 2.24) is 0 Å². The fraction of sp³-hybridized carbons (Fsp3) is 0.278. The lowest BCUT2D eigenvalue weighted by atomic mass is 10.2. The fourth-order valence-corrected chi connectivity index (χ4v) is 2.08. The fourth-order valence-electron chi connectivity index (χ4n) is 2.08. The summed E-state index contributed by atoms with van der Waals surface area (Å²) in [5, 5.41) is 11.6. The van der Waals surface area contributed by atoms with E-state index in [1.54, 1.807) is 18.2 Å². The molecule has 0 saturated heterocycles. The van der Waals surface area contributed by atoms with Gasteiger partial charge in [-0.25, -0.2) is 0 Å². The average Bonchev–Trinajstić information content (AvgIpc) is 2.55. The Kier molecular flexibility index (Phi) is 6.29. The molecule has 0 amide bonds. The highest BCUT2D eigenvalue weighted by molar-refractivity contribution is 5.80. The second-order valence-electron chi connectivity index (χ2n) is 4.85. The summed E-state index contributed by atoms with van der Waals surface area (Å²) in [4.78, 5) is 0. The Hall–Kier alpha value is -2.69. The van der Waals surface area contributed by atoms with E-state index >= 15 is 0 Å². The Morgan fingerprint density at radius 3 is 2.39 bits per heavy atom. The predicted molar refractivity (Wildman–Crippen MR) is 89.2 cm³/mol. The van der Waals surface area contributed by atoms with Gasteiger partial charge >= 0.3 is 0 Å². The number of oxime groups is 1. The van der Waals surface area contributed by atoms with E-state index in [0.717, 1.165) is 16.9 Å². The Balaban J connectivity index is 1.93. The van der Waals surface area contributed by atoms with E-state index in [9.17, 15) is 0 Å². The highest BCUT2D eigenvalue weighted by Crippen LogP contribution is 2.28. The lowest BCUT2D eigenvalue weighted by Crippen LogP contribution is -2.10. The van der Waals surface area contributed by atoms with Crippen LogP contribution in [0.1, 0.15) is 18.1 Å². The number of para-hydroxylation sites is 1. The Labute approximate surface area is 136 Å². The molecule has 0 bridgehead atoms. The number of benzene rings is 2. The van der Waals surface area contributed by atoms with Crippen molar-refractivity contribution >= 4 is 6.21 Å². The average molecular weight is 315 g/mol. The largest absolute Gasteiger partial charge is 0.490 e. The van der Waals surface area contributed by atoms with E-state index in [0.29, 0.717) is 31.3 Å². The minimum atomic E-state index is 0.405. The van der Waals surface area contributed by atoms with Crippen molar-refractivity contribution in [2.24, 2.45) is 5.16 Å². The quantitative estimate of drug-likeness (QED) is 0.349. The van der Waals surface area contributed by atoms with Gasteiger partial charge in [0.1, 0.15) is 19.0 Å². The molecule has 5 heteroatoms. The predicted octanol–water partition coefficient (Wildman–Crippen LogP) is 3.66. The number of hydrogen-bond acceptors (Lipinski definition) is 5. The standard InChI is InChI=1S/C18H21NO4/c1-3-21-18-12-15(13-19-20)8-9-17(18)23-11-10-22-16-7-5-4-6-14(16)2/h4-9,12-13,20H,3,10-11H2,1-2H3. The van der Waals surface area contributed by atoms with Crippen LogP contribution in [-0.4, -0.2) is 31.2 Å². The second-order valence-corrected chi connectivity index (χ2v) is 4.85. The summed E-state index contributed by atoms with van der Waals surface area (Å²) in [6.45, 7) is 5.27. The van der Waals surface area contributed by atoms with Crippen LogP contribution in [0.25, 0.3) is 0 Å². The van der Waals surface area contributed by atoms with Crippen LogP contribution < -0.4 is 14.2 Å². The van der Waals surface area contributed by atoms with Crippen LogP contribution in [0.2, 0.25) is 0 Å². The highest BCUT2D eigenvalue weighted by atomic mass is 16.5. The van der Waals surface area contributed by atoms with Crippen LogP contribution >= 0.6 is 0 Å². The van der Waals surface area contributed by atoms with Gasteiger partial charge in [0, 0.05) is 5.56 Å². The van der Waals surface area contributed by atoms with Gasteiger partial charge in [-0.1, -0.05) is 23.4 Å². The molecule has 0 spiro atoms. The van der Waals surface area contributed by atoms with Crippen molar-refractivity contribution in [3.63, 3.8) is 0 Å². The Morgan fingerprint density at radius 1 is 0.957 bits per heavy atom. The summed E-state index contributed by atoms with van der Waals surface area (Å²) < 4.78 is 17.0. The van der Waals surface area contributed by atoms with Crippen LogP contribution in [0.4, 0.5) is 0 Å². The summed E-state index contributed by atoms with van der Waals surface area (Å²) >= 11 is 0. The van der Waals surface area contributed by atoms with Crippen LogP contribution in [0.5, 0.6) is 17.2 Å². The first-order chi connectivity index (χ1) is 11.2. The van der Waals surface area contributed by atoms with Gasteiger partial charge in [-0.3, -0.25) is 0 Å². The lowest BCUT2D eigenvalue weighted by Gasteiger charge is -2.13.